The lowest BCUT2D eigenvalue weighted by atomic mass is 9.81. The smallest absolute Gasteiger partial charge is 0.329 e. The predicted molar refractivity (Wildman–Crippen MR) is 86.6 cm³/mol. The fourth-order valence-corrected chi connectivity index (χ4v) is 6.14. The van der Waals surface area contributed by atoms with Crippen LogP contribution in [0.3, 0.4) is 0 Å². The molecule has 6 N–H and O–H groups in total. The Hall–Kier alpha value is -0.270. The van der Waals surface area contributed by atoms with E-state index in [2.05, 4.69) is 0 Å². The van der Waals surface area contributed by atoms with Crippen molar-refractivity contribution in [2.75, 3.05) is 13.1 Å². The maximum Gasteiger partial charge on any atom is 0.363 e. The molecule has 0 aromatic heterocycles. The molecular weight excluding hydrogens is 346 g/mol. The van der Waals surface area contributed by atoms with Crippen molar-refractivity contribution in [2.24, 2.45) is 11.1 Å². The minimum Gasteiger partial charge on any atom is -0.329 e. The van der Waals surface area contributed by atoms with Crippen LogP contribution in [0.15, 0.2) is 0 Å². The number of rotatable bonds is 9. The Labute approximate surface area is 136 Å². The van der Waals surface area contributed by atoms with E-state index in [-0.39, 0.29) is 25.9 Å². The topological polar surface area (TPSA) is 161 Å². The molecular formula is C12H28N2O7P2. The van der Waals surface area contributed by atoms with Gasteiger partial charge in [-0.25, -0.2) is 0 Å². The third kappa shape index (κ3) is 3.71. The molecule has 138 valence electrons. The maximum absolute atomic E-state index is 12.9. The van der Waals surface area contributed by atoms with Crippen molar-refractivity contribution >= 4 is 21.1 Å². The van der Waals surface area contributed by atoms with E-state index in [0.29, 0.717) is 4.90 Å². The minimum atomic E-state index is -5.35. The number of hydrogen-bond acceptors (Lipinski definition) is 4. The molecule has 0 radical (unpaired) electrons. The summed E-state index contributed by atoms with van der Waals surface area (Å²) in [5.41, 5.74) is 4.57. The van der Waals surface area contributed by atoms with Gasteiger partial charge in [0.2, 0.25) is 10.9 Å². The van der Waals surface area contributed by atoms with Gasteiger partial charge in [0.05, 0.1) is 5.41 Å². The molecule has 0 rings (SSSR count). The fourth-order valence-electron chi connectivity index (χ4n) is 2.86. The van der Waals surface area contributed by atoms with E-state index in [1.807, 2.05) is 0 Å². The van der Waals surface area contributed by atoms with E-state index in [1.165, 1.54) is 13.8 Å². The zero-order valence-electron chi connectivity index (χ0n) is 14.0. The van der Waals surface area contributed by atoms with Gasteiger partial charge in [0.25, 0.3) is 0 Å². The summed E-state index contributed by atoms with van der Waals surface area (Å²) >= 11 is 0. The number of carbonyl (C=O) groups excluding carboxylic acids is 1. The van der Waals surface area contributed by atoms with Gasteiger partial charge in [0.15, 0.2) is 0 Å². The highest BCUT2D eigenvalue weighted by Gasteiger charge is 2.65. The number of amides is 1. The zero-order valence-corrected chi connectivity index (χ0v) is 15.8. The molecule has 0 aliphatic carbocycles. The largest absolute Gasteiger partial charge is 0.363 e. The lowest BCUT2D eigenvalue weighted by Gasteiger charge is -2.46. The summed E-state index contributed by atoms with van der Waals surface area (Å²) in [6.45, 7) is 5.70. The average Bonchev–Trinajstić information content (AvgIpc) is 2.43. The molecule has 11 heteroatoms. The van der Waals surface area contributed by atoms with Gasteiger partial charge in [0.1, 0.15) is 0 Å². The normalized spacial score (nSPS) is 14.0. The Balaban J connectivity index is 6.51. The van der Waals surface area contributed by atoms with Crippen molar-refractivity contribution in [3.05, 3.63) is 0 Å². The zero-order chi connectivity index (χ0) is 18.7. The highest BCUT2D eigenvalue weighted by molar-refractivity contribution is 7.72. The third-order valence-corrected chi connectivity index (χ3v) is 9.14. The average molecular weight is 374 g/mol. The minimum absolute atomic E-state index is 0.0859. The van der Waals surface area contributed by atoms with Crippen LogP contribution in [-0.4, -0.2) is 48.5 Å². The van der Waals surface area contributed by atoms with Gasteiger partial charge in [-0.3, -0.25) is 13.9 Å². The Kier molecular flexibility index (Phi) is 7.65. The van der Waals surface area contributed by atoms with E-state index in [0.717, 1.165) is 0 Å². The van der Waals surface area contributed by atoms with Gasteiger partial charge in [-0.15, -0.1) is 0 Å². The van der Waals surface area contributed by atoms with E-state index < -0.39 is 38.0 Å². The summed E-state index contributed by atoms with van der Waals surface area (Å²) < 4.78 is 24.0. The van der Waals surface area contributed by atoms with Gasteiger partial charge >= 0.3 is 15.2 Å². The van der Waals surface area contributed by atoms with E-state index >= 15 is 0 Å². The SMILES string of the molecule is CCN(C(=O)C(CC)(CC)CN)C(CC)(P(=O)(O)O)P(=O)(O)O. The highest BCUT2D eigenvalue weighted by atomic mass is 31.2. The van der Waals surface area contributed by atoms with Gasteiger partial charge in [-0.1, -0.05) is 20.8 Å². The monoisotopic (exact) mass is 374 g/mol. The molecule has 0 aromatic carbocycles. The van der Waals surface area contributed by atoms with Crippen molar-refractivity contribution in [3.8, 4) is 0 Å². The molecule has 9 nitrogen and oxygen atoms in total. The van der Waals surface area contributed by atoms with Crippen molar-refractivity contribution in [1.29, 1.82) is 0 Å². The summed E-state index contributed by atoms with van der Waals surface area (Å²) in [6, 6.07) is 0. The van der Waals surface area contributed by atoms with Crippen LogP contribution < -0.4 is 5.73 Å². The molecule has 0 saturated carbocycles. The van der Waals surface area contributed by atoms with E-state index in [4.69, 9.17) is 5.73 Å². The van der Waals surface area contributed by atoms with Crippen molar-refractivity contribution < 1.29 is 33.5 Å². The molecule has 0 aliphatic rings. The lowest BCUT2D eigenvalue weighted by molar-refractivity contribution is -0.145. The summed E-state index contributed by atoms with van der Waals surface area (Å²) in [6.07, 6.45) is -0.00982. The van der Waals surface area contributed by atoms with Crippen LogP contribution in [0.5, 0.6) is 0 Å². The van der Waals surface area contributed by atoms with Gasteiger partial charge in [-0.2, -0.15) is 0 Å². The molecule has 23 heavy (non-hydrogen) atoms. The summed E-state index contributed by atoms with van der Waals surface area (Å²) in [4.78, 5) is 52.3. The lowest BCUT2D eigenvalue weighted by Crippen LogP contribution is -2.57. The standard InChI is InChI=1S/C12H28N2O7P2/c1-5-11(6-2,9-13)10(15)14(8-4)12(7-3,22(16,17)18)23(19,20)21/h5-9,13H2,1-4H3,(H2,16,17,18)(H2,19,20,21). The van der Waals surface area contributed by atoms with Gasteiger partial charge in [-0.05, 0) is 26.2 Å². The molecule has 0 bridgehead atoms. The molecule has 0 unspecified atom stereocenters. The highest BCUT2D eigenvalue weighted by Crippen LogP contribution is 2.72. The van der Waals surface area contributed by atoms with Crippen LogP contribution in [0.2, 0.25) is 0 Å². The summed E-state index contributed by atoms with van der Waals surface area (Å²) in [5.74, 6) is -0.749. The number of nitrogens with two attached hydrogens (primary N) is 1. The van der Waals surface area contributed by atoms with Crippen molar-refractivity contribution in [1.82, 2.24) is 4.90 Å². The van der Waals surface area contributed by atoms with Gasteiger partial charge < -0.3 is 30.2 Å². The first kappa shape index (κ1) is 22.7. The van der Waals surface area contributed by atoms with Crippen molar-refractivity contribution in [2.45, 2.75) is 52.0 Å². The van der Waals surface area contributed by atoms with Crippen LogP contribution >= 0.6 is 15.2 Å². The van der Waals surface area contributed by atoms with Crippen LogP contribution in [0, 0.1) is 5.41 Å². The first-order chi connectivity index (χ1) is 10.3. The van der Waals surface area contributed by atoms with Gasteiger partial charge in [0, 0.05) is 13.1 Å². The van der Waals surface area contributed by atoms with Crippen LogP contribution in [0.1, 0.15) is 47.0 Å². The van der Waals surface area contributed by atoms with E-state index in [9.17, 15) is 33.5 Å². The summed E-state index contributed by atoms with van der Waals surface area (Å²) in [7, 11) is -10.7. The molecule has 0 aromatic rings. The maximum atomic E-state index is 12.9. The molecule has 0 heterocycles. The quantitative estimate of drug-likeness (QED) is 0.374. The molecule has 0 saturated heterocycles. The van der Waals surface area contributed by atoms with Crippen LogP contribution in [0.4, 0.5) is 0 Å². The Morgan fingerprint density at radius 3 is 1.52 bits per heavy atom. The van der Waals surface area contributed by atoms with Crippen LogP contribution in [-0.2, 0) is 13.9 Å². The Morgan fingerprint density at radius 1 is 0.957 bits per heavy atom. The number of hydrogen-bond donors (Lipinski definition) is 5. The fraction of sp³-hybridized carbons (Fsp3) is 0.917. The third-order valence-electron chi connectivity index (χ3n) is 4.60. The second kappa shape index (κ2) is 7.74. The van der Waals surface area contributed by atoms with E-state index in [1.54, 1.807) is 13.8 Å². The molecule has 0 fully saturated rings. The first-order valence-electron chi connectivity index (χ1n) is 7.48. The first-order valence-corrected chi connectivity index (χ1v) is 10.7. The molecule has 0 aliphatic heterocycles. The second-order valence-corrected chi connectivity index (χ2v) is 9.47. The molecule has 0 atom stereocenters. The Bertz CT molecular complexity index is 479. The van der Waals surface area contributed by atoms with Crippen molar-refractivity contribution in [3.63, 3.8) is 0 Å². The molecule has 0 spiro atoms. The Morgan fingerprint density at radius 2 is 1.35 bits per heavy atom. The van der Waals surface area contributed by atoms with Crippen LogP contribution in [0.25, 0.3) is 0 Å². The summed E-state index contributed by atoms with van der Waals surface area (Å²) in [5, 5.41) is -2.88. The number of nitrogens with zero attached hydrogens (tertiary/aromatic N) is 1. The predicted octanol–water partition coefficient (Wildman–Crippen LogP) is 1.02. The second-order valence-electron chi connectivity index (χ2n) is 5.46. The molecule has 1 amide bonds. The number of carbonyl (C=O) groups is 1.